The van der Waals surface area contributed by atoms with Crippen molar-refractivity contribution >= 4 is 40.8 Å². The van der Waals surface area contributed by atoms with Crippen molar-refractivity contribution in [1.82, 2.24) is 9.80 Å². The molecule has 17 nitrogen and oxygen atoms in total. The summed E-state index contributed by atoms with van der Waals surface area (Å²) in [5, 5.41) is 8.53. The van der Waals surface area contributed by atoms with Crippen molar-refractivity contribution in [2.24, 2.45) is 10.7 Å². The lowest BCUT2D eigenvalue weighted by Crippen LogP contribution is -2.33. The van der Waals surface area contributed by atoms with Crippen LogP contribution in [0.3, 0.4) is 0 Å². The number of amidine groups is 1. The number of nitrogens with two attached hydrogens (primary N) is 1. The molecule has 1 aliphatic heterocycles. The molecule has 1 aliphatic rings. The summed E-state index contributed by atoms with van der Waals surface area (Å²) in [6.45, 7) is 16.9. The van der Waals surface area contributed by atoms with Gasteiger partial charge in [0.05, 0.1) is 149 Å². The van der Waals surface area contributed by atoms with Gasteiger partial charge >= 0.3 is 5.97 Å². The Balaban J connectivity index is 1.07. The Hall–Kier alpha value is -3.37. The Morgan fingerprint density at radius 1 is 0.609 bits per heavy atom. The maximum atomic E-state index is 13.9. The van der Waals surface area contributed by atoms with E-state index in [0.29, 0.717) is 156 Å². The molecular weight excluding hydrogens is 909 g/mol. The zero-order valence-corrected chi connectivity index (χ0v) is 42.8. The second kappa shape index (κ2) is 40.2. The van der Waals surface area contributed by atoms with Crippen molar-refractivity contribution in [3.05, 3.63) is 56.8 Å². The number of aliphatic carboxylic acids is 1. The van der Waals surface area contributed by atoms with Gasteiger partial charge in [0.2, 0.25) is 0 Å². The SMILES string of the molecule is CCCc1ccc(CN(CCC)C(=O)C2=Cc3sc(CCCCCN(C)CCOCCOCCOCCOCCOCCOCCOCCOCCOCCOCCC(=O)O)cc3N=C(N)C2)cc1. The number of aryl methyl sites for hydroxylation is 2. The number of carboxylic acid groups (broad SMARTS) is 1. The van der Waals surface area contributed by atoms with Crippen molar-refractivity contribution < 1.29 is 62.1 Å². The third-order valence-corrected chi connectivity index (χ3v) is 11.7. The molecule has 0 aliphatic carbocycles. The molecule has 0 unspecified atom stereocenters. The number of thiophene rings is 1. The smallest absolute Gasteiger partial charge is 0.305 e. The van der Waals surface area contributed by atoms with Crippen LogP contribution in [0.25, 0.3) is 6.08 Å². The van der Waals surface area contributed by atoms with E-state index in [-0.39, 0.29) is 18.9 Å². The number of amides is 1. The van der Waals surface area contributed by atoms with Gasteiger partial charge in [-0.05, 0) is 69.0 Å². The number of nitrogens with zero attached hydrogens (tertiary/aromatic N) is 3. The molecule has 1 amide bonds. The highest BCUT2D eigenvalue weighted by Crippen LogP contribution is 2.35. The predicted octanol–water partition coefficient (Wildman–Crippen LogP) is 6.20. The van der Waals surface area contributed by atoms with E-state index >= 15 is 0 Å². The summed E-state index contributed by atoms with van der Waals surface area (Å²) in [6, 6.07) is 10.8. The molecule has 0 spiro atoms. The molecule has 0 atom stereocenters. The molecule has 3 N–H and O–H groups in total. The Labute approximate surface area is 415 Å². The van der Waals surface area contributed by atoms with Gasteiger partial charge in [0, 0.05) is 36.5 Å². The fraction of sp³-hybridized carbons (Fsp3) is 0.706. The van der Waals surface area contributed by atoms with Crippen molar-refractivity contribution in [2.45, 2.75) is 78.2 Å². The van der Waals surface area contributed by atoms with E-state index in [0.717, 1.165) is 74.2 Å². The van der Waals surface area contributed by atoms with Gasteiger partial charge < -0.3 is 68.0 Å². The van der Waals surface area contributed by atoms with Gasteiger partial charge in [0.25, 0.3) is 5.91 Å². The van der Waals surface area contributed by atoms with Gasteiger partial charge in [-0.2, -0.15) is 0 Å². The molecule has 3 rings (SSSR count). The van der Waals surface area contributed by atoms with E-state index in [1.807, 2.05) is 11.0 Å². The van der Waals surface area contributed by atoms with E-state index < -0.39 is 5.97 Å². The van der Waals surface area contributed by atoms with Crippen LogP contribution in [0.15, 0.2) is 40.9 Å². The predicted molar refractivity (Wildman–Crippen MR) is 270 cm³/mol. The van der Waals surface area contributed by atoms with Crippen molar-refractivity contribution in [2.75, 3.05) is 159 Å². The van der Waals surface area contributed by atoms with Gasteiger partial charge in [-0.1, -0.05) is 51.0 Å². The highest BCUT2D eigenvalue weighted by molar-refractivity contribution is 7.13. The summed E-state index contributed by atoms with van der Waals surface area (Å²) < 4.78 is 54.9. The molecule has 2 heterocycles. The topological polar surface area (TPSA) is 192 Å². The second-order valence-electron chi connectivity index (χ2n) is 16.6. The van der Waals surface area contributed by atoms with E-state index in [2.05, 4.69) is 56.1 Å². The first-order chi connectivity index (χ1) is 33.8. The van der Waals surface area contributed by atoms with Crippen molar-refractivity contribution in [1.29, 1.82) is 0 Å². The molecule has 0 fully saturated rings. The molecule has 1 aromatic heterocycles. The van der Waals surface area contributed by atoms with Crippen LogP contribution in [-0.4, -0.2) is 191 Å². The van der Waals surface area contributed by atoms with Crippen molar-refractivity contribution in [3.63, 3.8) is 0 Å². The quantitative estimate of drug-likeness (QED) is 0.0713. The molecule has 0 saturated heterocycles. The Kier molecular flexibility index (Phi) is 35.0. The normalized spacial score (nSPS) is 12.6. The summed E-state index contributed by atoms with van der Waals surface area (Å²) in [6.07, 6.45) is 9.78. The number of benzene rings is 1. The van der Waals surface area contributed by atoms with E-state index in [1.54, 1.807) is 11.3 Å². The maximum Gasteiger partial charge on any atom is 0.305 e. The molecule has 1 aromatic carbocycles. The minimum Gasteiger partial charge on any atom is -0.481 e. The third-order valence-electron chi connectivity index (χ3n) is 10.6. The molecular formula is C51H84N4O13S. The number of unbranched alkanes of at least 4 members (excludes halogenated alkanes) is 2. The number of hydrogen-bond donors (Lipinski definition) is 2. The first kappa shape index (κ1) is 59.9. The average molecular weight is 993 g/mol. The fourth-order valence-corrected chi connectivity index (χ4v) is 8.08. The van der Waals surface area contributed by atoms with Gasteiger partial charge in [-0.3, -0.25) is 9.59 Å². The highest BCUT2D eigenvalue weighted by atomic mass is 32.1. The second-order valence-corrected chi connectivity index (χ2v) is 17.8. The summed E-state index contributed by atoms with van der Waals surface area (Å²) in [5.41, 5.74) is 10.4. The number of aliphatic imine (C=N–C) groups is 1. The van der Waals surface area contributed by atoms with Crippen molar-refractivity contribution in [3.8, 4) is 0 Å². The Bertz CT molecular complexity index is 1680. The van der Waals surface area contributed by atoms with Crippen LogP contribution in [0, 0.1) is 0 Å². The van der Waals surface area contributed by atoms with Crippen LogP contribution in [0.5, 0.6) is 0 Å². The summed E-state index contributed by atoms with van der Waals surface area (Å²) in [4.78, 5) is 35.5. The molecule has 2 aromatic rings. The van der Waals surface area contributed by atoms with Gasteiger partial charge in [-0.25, -0.2) is 4.99 Å². The number of carbonyl (C=O) groups is 2. The minimum absolute atomic E-state index is 0.00593. The molecule has 392 valence electrons. The number of carboxylic acids is 1. The van der Waals surface area contributed by atoms with Gasteiger partial charge in [-0.15, -0.1) is 11.3 Å². The van der Waals surface area contributed by atoms with Crippen LogP contribution < -0.4 is 5.73 Å². The number of fused-ring (bicyclic) bond motifs is 1. The zero-order chi connectivity index (χ0) is 49.4. The highest BCUT2D eigenvalue weighted by Gasteiger charge is 2.23. The van der Waals surface area contributed by atoms with E-state index in [1.165, 1.54) is 10.4 Å². The largest absolute Gasteiger partial charge is 0.481 e. The first-order valence-corrected chi connectivity index (χ1v) is 25.8. The van der Waals surface area contributed by atoms with Crippen LogP contribution in [0.1, 0.15) is 79.7 Å². The standard InChI is InChI=1S/C51H84N4O13S/c1-4-9-43-11-13-44(14-12-43)42-55(16-5-2)51(58)45-39-48-47(53-49(52)40-45)41-46(69-48)10-7-6-8-17-54(3)18-20-60-22-24-62-26-28-64-30-32-66-34-36-68-38-37-67-35-33-65-31-29-63-27-25-61-23-21-59-19-15-50(56)57/h11-14,39,41H,4-10,15-38,40,42H2,1-3H3,(H2,52,53)(H,56,57). The van der Waals surface area contributed by atoms with Crippen LogP contribution >= 0.6 is 11.3 Å². The molecule has 0 bridgehead atoms. The third kappa shape index (κ3) is 30.2. The van der Waals surface area contributed by atoms with Gasteiger partial charge in [0.15, 0.2) is 0 Å². The number of carbonyl (C=O) groups excluding carboxylic acids is 1. The summed E-state index contributed by atoms with van der Waals surface area (Å²) in [7, 11) is 2.14. The monoisotopic (exact) mass is 993 g/mol. The lowest BCUT2D eigenvalue weighted by molar-refractivity contribution is -0.138. The van der Waals surface area contributed by atoms with Crippen LogP contribution in [-0.2, 0) is 76.3 Å². The number of ether oxygens (including phenoxy) is 10. The average Bonchev–Trinajstić information content (AvgIpc) is 3.63. The molecule has 0 saturated carbocycles. The lowest BCUT2D eigenvalue weighted by Gasteiger charge is -2.23. The first-order valence-electron chi connectivity index (χ1n) is 25.0. The van der Waals surface area contributed by atoms with E-state index in [4.69, 9.17) is 63.2 Å². The molecule has 0 radical (unpaired) electrons. The maximum absolute atomic E-state index is 13.9. The number of hydrogen-bond acceptors (Lipinski definition) is 16. The fourth-order valence-electron chi connectivity index (χ4n) is 6.97. The van der Waals surface area contributed by atoms with Crippen LogP contribution in [0.2, 0.25) is 0 Å². The summed E-state index contributed by atoms with van der Waals surface area (Å²) >= 11 is 1.73. The summed E-state index contributed by atoms with van der Waals surface area (Å²) in [5.74, 6) is -0.355. The molecule has 69 heavy (non-hydrogen) atoms. The minimum atomic E-state index is -0.876. The zero-order valence-electron chi connectivity index (χ0n) is 42.0. The van der Waals surface area contributed by atoms with Gasteiger partial charge in [0.1, 0.15) is 5.84 Å². The number of rotatable bonds is 46. The van der Waals surface area contributed by atoms with Crippen LogP contribution in [0.4, 0.5) is 5.69 Å². The number of likely N-dealkylation sites (N-methyl/N-ethyl adjacent to an activating group) is 1. The Morgan fingerprint density at radius 3 is 1.57 bits per heavy atom. The lowest BCUT2D eigenvalue weighted by atomic mass is 10.1. The Morgan fingerprint density at radius 2 is 1.09 bits per heavy atom. The molecule has 18 heteroatoms. The van der Waals surface area contributed by atoms with E-state index in [9.17, 15) is 9.59 Å².